The molecule has 0 spiro atoms. The quantitative estimate of drug-likeness (QED) is 0.742. The van der Waals surface area contributed by atoms with Crippen LogP contribution in [-0.2, 0) is 14.6 Å². The number of nitrogens with one attached hydrogen (secondary N) is 1. The van der Waals surface area contributed by atoms with Crippen molar-refractivity contribution in [1.82, 2.24) is 10.2 Å². The minimum Gasteiger partial charge on any atom is -0.480 e. The summed E-state index contributed by atoms with van der Waals surface area (Å²) in [6, 6.07) is 0.174. The average molecular weight is 290 g/mol. The largest absolute Gasteiger partial charge is 0.480 e. The van der Waals surface area contributed by atoms with E-state index in [2.05, 4.69) is 10.2 Å². The van der Waals surface area contributed by atoms with Gasteiger partial charge >= 0.3 is 5.97 Å². The van der Waals surface area contributed by atoms with Gasteiger partial charge in [0.05, 0.1) is 11.5 Å². The number of nitrogens with zero attached hydrogens (tertiary/aromatic N) is 1. The smallest absolute Gasteiger partial charge is 0.323 e. The Morgan fingerprint density at radius 1 is 1.37 bits per heavy atom. The lowest BCUT2D eigenvalue weighted by Gasteiger charge is -2.43. The van der Waals surface area contributed by atoms with Gasteiger partial charge in [-0.25, -0.2) is 8.42 Å². The van der Waals surface area contributed by atoms with Crippen LogP contribution >= 0.6 is 0 Å². The lowest BCUT2D eigenvalue weighted by Crippen LogP contribution is -2.58. The molecule has 1 aliphatic heterocycles. The maximum atomic E-state index is 11.5. The van der Waals surface area contributed by atoms with E-state index in [1.165, 1.54) is 0 Å². The third-order valence-electron chi connectivity index (χ3n) is 4.51. The number of hydrogen-bond donors (Lipinski definition) is 2. The number of rotatable bonds is 3. The summed E-state index contributed by atoms with van der Waals surface area (Å²) in [7, 11) is -1.19. The van der Waals surface area contributed by atoms with Crippen LogP contribution in [0.2, 0.25) is 0 Å². The van der Waals surface area contributed by atoms with Crippen molar-refractivity contribution < 1.29 is 18.3 Å². The fraction of sp³-hybridized carbons (Fsp3) is 0.917. The molecule has 2 unspecified atom stereocenters. The first-order valence-electron chi connectivity index (χ1n) is 6.75. The zero-order valence-corrected chi connectivity index (χ0v) is 12.1. The molecule has 0 amide bonds. The Hall–Kier alpha value is -0.660. The van der Waals surface area contributed by atoms with Crippen LogP contribution in [-0.4, -0.2) is 67.6 Å². The number of likely N-dealkylation sites (N-methyl/N-ethyl adjacent to an activating group) is 1. The van der Waals surface area contributed by atoms with E-state index >= 15 is 0 Å². The molecule has 2 N–H and O–H groups in total. The van der Waals surface area contributed by atoms with Gasteiger partial charge in [-0.15, -0.1) is 0 Å². The van der Waals surface area contributed by atoms with Gasteiger partial charge < -0.3 is 10.4 Å². The molecule has 1 saturated heterocycles. The molecule has 110 valence electrons. The van der Waals surface area contributed by atoms with E-state index < -0.39 is 21.3 Å². The molecule has 0 aromatic rings. The highest BCUT2D eigenvalue weighted by molar-refractivity contribution is 7.91. The first-order valence-corrected chi connectivity index (χ1v) is 8.57. The van der Waals surface area contributed by atoms with Crippen LogP contribution in [0.1, 0.15) is 25.7 Å². The zero-order chi connectivity index (χ0) is 14.1. The van der Waals surface area contributed by atoms with Crippen molar-refractivity contribution in [3.05, 3.63) is 0 Å². The summed E-state index contributed by atoms with van der Waals surface area (Å²) in [5.41, 5.74) is -0.848. The number of hydrogen-bond acceptors (Lipinski definition) is 5. The van der Waals surface area contributed by atoms with E-state index in [0.29, 0.717) is 25.9 Å². The molecule has 2 atom stereocenters. The molecule has 1 saturated carbocycles. The Morgan fingerprint density at radius 2 is 2.00 bits per heavy atom. The summed E-state index contributed by atoms with van der Waals surface area (Å²) in [5.74, 6) is -0.406. The molecule has 0 bridgehead atoms. The Labute approximate surface area is 114 Å². The standard InChI is InChI=1S/C12H22N2O4S/c1-13-12(11(15)16)4-2-3-10(9-12)14-5-7-19(17,18)8-6-14/h10,13H,2-9H2,1H3,(H,15,16). The maximum absolute atomic E-state index is 11.5. The first-order chi connectivity index (χ1) is 8.88. The molecular weight excluding hydrogens is 268 g/mol. The van der Waals surface area contributed by atoms with E-state index in [0.717, 1.165) is 12.8 Å². The summed E-state index contributed by atoms with van der Waals surface area (Å²) in [5, 5.41) is 12.4. The molecule has 2 rings (SSSR count). The van der Waals surface area contributed by atoms with E-state index in [4.69, 9.17) is 0 Å². The van der Waals surface area contributed by atoms with Crippen molar-refractivity contribution in [2.45, 2.75) is 37.3 Å². The van der Waals surface area contributed by atoms with E-state index in [1.54, 1.807) is 7.05 Å². The second-order valence-electron chi connectivity index (χ2n) is 5.58. The highest BCUT2D eigenvalue weighted by Gasteiger charge is 2.43. The SMILES string of the molecule is CNC1(C(=O)O)CCCC(N2CCS(=O)(=O)CC2)C1. The third-order valence-corrected chi connectivity index (χ3v) is 6.12. The van der Waals surface area contributed by atoms with Crippen molar-refractivity contribution in [2.24, 2.45) is 0 Å². The number of carboxylic acids is 1. The molecule has 1 heterocycles. The summed E-state index contributed by atoms with van der Waals surface area (Å²) < 4.78 is 22.9. The third kappa shape index (κ3) is 3.09. The van der Waals surface area contributed by atoms with Gasteiger partial charge in [-0.3, -0.25) is 9.69 Å². The van der Waals surface area contributed by atoms with Crippen molar-refractivity contribution in [1.29, 1.82) is 0 Å². The molecule has 7 heteroatoms. The number of aliphatic carboxylic acids is 1. The molecule has 0 radical (unpaired) electrons. The predicted molar refractivity (Wildman–Crippen MR) is 71.9 cm³/mol. The second-order valence-corrected chi connectivity index (χ2v) is 7.88. The normalized spacial score (nSPS) is 35.9. The summed E-state index contributed by atoms with van der Waals surface area (Å²) in [6.45, 7) is 1.07. The van der Waals surface area contributed by atoms with Crippen LogP contribution < -0.4 is 5.32 Å². The molecule has 1 aliphatic carbocycles. The van der Waals surface area contributed by atoms with Crippen molar-refractivity contribution in [2.75, 3.05) is 31.6 Å². The van der Waals surface area contributed by atoms with Gasteiger partial charge in [0.2, 0.25) is 0 Å². The van der Waals surface area contributed by atoms with Gasteiger partial charge in [0.15, 0.2) is 9.84 Å². The molecule has 19 heavy (non-hydrogen) atoms. The minimum absolute atomic E-state index is 0.174. The topological polar surface area (TPSA) is 86.7 Å². The fourth-order valence-electron chi connectivity index (χ4n) is 3.18. The maximum Gasteiger partial charge on any atom is 0.323 e. The molecule has 2 aliphatic rings. The van der Waals surface area contributed by atoms with Crippen LogP contribution in [0.25, 0.3) is 0 Å². The summed E-state index contributed by atoms with van der Waals surface area (Å²) >= 11 is 0. The van der Waals surface area contributed by atoms with Crippen LogP contribution in [0.15, 0.2) is 0 Å². The Balaban J connectivity index is 2.04. The van der Waals surface area contributed by atoms with Gasteiger partial charge in [-0.05, 0) is 32.7 Å². The lowest BCUT2D eigenvalue weighted by atomic mass is 9.78. The molecule has 0 aromatic carbocycles. The fourth-order valence-corrected chi connectivity index (χ4v) is 4.41. The lowest BCUT2D eigenvalue weighted by molar-refractivity contribution is -0.147. The zero-order valence-electron chi connectivity index (χ0n) is 11.3. The Morgan fingerprint density at radius 3 is 2.53 bits per heavy atom. The molecule has 2 fully saturated rings. The minimum atomic E-state index is -2.88. The van der Waals surface area contributed by atoms with E-state index in [1.807, 2.05) is 0 Å². The van der Waals surface area contributed by atoms with Crippen molar-refractivity contribution in [3.63, 3.8) is 0 Å². The van der Waals surface area contributed by atoms with Crippen LogP contribution in [0.5, 0.6) is 0 Å². The monoisotopic (exact) mass is 290 g/mol. The highest BCUT2D eigenvalue weighted by Crippen LogP contribution is 2.32. The number of carboxylic acid groups (broad SMARTS) is 1. The Kier molecular flexibility index (Phi) is 4.17. The number of carbonyl (C=O) groups is 1. The highest BCUT2D eigenvalue weighted by atomic mass is 32.2. The van der Waals surface area contributed by atoms with Crippen molar-refractivity contribution >= 4 is 15.8 Å². The van der Waals surface area contributed by atoms with Crippen LogP contribution in [0.4, 0.5) is 0 Å². The number of sulfone groups is 1. The Bertz CT molecular complexity index is 437. The van der Waals surface area contributed by atoms with Crippen LogP contribution in [0.3, 0.4) is 0 Å². The molecular formula is C12H22N2O4S. The van der Waals surface area contributed by atoms with E-state index in [9.17, 15) is 18.3 Å². The van der Waals surface area contributed by atoms with Crippen LogP contribution in [0, 0.1) is 0 Å². The van der Waals surface area contributed by atoms with Gasteiger partial charge in [-0.2, -0.15) is 0 Å². The van der Waals surface area contributed by atoms with Gasteiger partial charge in [0.25, 0.3) is 0 Å². The average Bonchev–Trinajstić information content (AvgIpc) is 2.38. The molecule has 0 aromatic heterocycles. The van der Waals surface area contributed by atoms with Gasteiger partial charge in [0, 0.05) is 19.1 Å². The van der Waals surface area contributed by atoms with Gasteiger partial charge in [-0.1, -0.05) is 0 Å². The van der Waals surface area contributed by atoms with Gasteiger partial charge in [0.1, 0.15) is 5.54 Å². The predicted octanol–water partition coefficient (Wildman–Crippen LogP) is -0.298. The second kappa shape index (κ2) is 5.38. The van der Waals surface area contributed by atoms with E-state index in [-0.39, 0.29) is 17.5 Å². The molecule has 6 nitrogen and oxygen atoms in total. The summed E-state index contributed by atoms with van der Waals surface area (Å²) in [4.78, 5) is 13.6. The summed E-state index contributed by atoms with van der Waals surface area (Å²) in [6.07, 6.45) is 3.01. The van der Waals surface area contributed by atoms with Crippen molar-refractivity contribution in [3.8, 4) is 0 Å². The first kappa shape index (κ1) is 14.7.